The molecule has 0 radical (unpaired) electrons. The first-order valence-corrected chi connectivity index (χ1v) is 9.76. The Kier molecular flexibility index (Phi) is 5.77. The van der Waals surface area contributed by atoms with E-state index >= 15 is 0 Å². The van der Waals surface area contributed by atoms with E-state index in [1.165, 1.54) is 12.1 Å². The number of nitrogens with zero attached hydrogens (tertiary/aromatic N) is 3. The van der Waals surface area contributed by atoms with Crippen molar-refractivity contribution in [1.29, 1.82) is 5.26 Å². The Hall–Kier alpha value is -3.63. The normalized spacial score (nSPS) is 13.1. The second-order valence-electron chi connectivity index (χ2n) is 6.63. The summed E-state index contributed by atoms with van der Waals surface area (Å²) in [5.74, 6) is 1.55. The molecule has 0 fully saturated rings. The van der Waals surface area contributed by atoms with Gasteiger partial charge in [0, 0.05) is 29.6 Å². The van der Waals surface area contributed by atoms with Gasteiger partial charge in [-0.2, -0.15) is 5.26 Å². The number of fused-ring (bicyclic) bond motifs is 1. The summed E-state index contributed by atoms with van der Waals surface area (Å²) in [7, 11) is 0. The van der Waals surface area contributed by atoms with Crippen LogP contribution in [0.4, 0.5) is 10.2 Å². The SMILES string of the molecule is N#CC1=CC=C(NCCNc2nc(-c3ccc(F)c(Cl)c3)nc3ccccc23)NC1. The summed E-state index contributed by atoms with van der Waals surface area (Å²) in [6.07, 6.45) is 3.64. The van der Waals surface area contributed by atoms with Crippen molar-refractivity contribution in [3.05, 3.63) is 76.9 Å². The van der Waals surface area contributed by atoms with Gasteiger partial charge in [0.2, 0.25) is 0 Å². The lowest BCUT2D eigenvalue weighted by molar-refractivity contribution is 0.628. The first kappa shape index (κ1) is 19.7. The van der Waals surface area contributed by atoms with Crippen LogP contribution in [0.15, 0.2) is 66.0 Å². The lowest BCUT2D eigenvalue weighted by Crippen LogP contribution is -2.32. The van der Waals surface area contributed by atoms with Gasteiger partial charge in [0.25, 0.3) is 0 Å². The quantitative estimate of drug-likeness (QED) is 0.523. The van der Waals surface area contributed by atoms with E-state index in [1.807, 2.05) is 30.3 Å². The average molecular weight is 421 g/mol. The predicted octanol–water partition coefficient (Wildman–Crippen LogP) is 3.99. The van der Waals surface area contributed by atoms with Gasteiger partial charge in [0.1, 0.15) is 11.6 Å². The minimum atomic E-state index is -0.479. The zero-order chi connectivity index (χ0) is 20.9. The molecule has 0 amide bonds. The average Bonchev–Trinajstić information content (AvgIpc) is 2.78. The van der Waals surface area contributed by atoms with Crippen LogP contribution in [0.25, 0.3) is 22.3 Å². The van der Waals surface area contributed by atoms with Gasteiger partial charge in [0.15, 0.2) is 5.82 Å². The minimum absolute atomic E-state index is 0.0322. The second-order valence-corrected chi connectivity index (χ2v) is 7.04. The Morgan fingerprint density at radius 1 is 1.10 bits per heavy atom. The van der Waals surface area contributed by atoms with Crippen LogP contribution in [-0.4, -0.2) is 29.6 Å². The molecule has 150 valence electrons. The molecule has 6 nitrogen and oxygen atoms in total. The molecule has 0 saturated carbocycles. The van der Waals surface area contributed by atoms with Gasteiger partial charge in [-0.15, -0.1) is 0 Å². The van der Waals surface area contributed by atoms with E-state index in [-0.39, 0.29) is 5.02 Å². The van der Waals surface area contributed by atoms with E-state index < -0.39 is 5.82 Å². The van der Waals surface area contributed by atoms with E-state index in [0.717, 1.165) is 16.7 Å². The molecule has 2 heterocycles. The molecular weight excluding hydrogens is 403 g/mol. The van der Waals surface area contributed by atoms with E-state index in [2.05, 4.69) is 32.0 Å². The van der Waals surface area contributed by atoms with Crippen LogP contribution in [0, 0.1) is 17.1 Å². The zero-order valence-corrected chi connectivity index (χ0v) is 16.7. The Labute approximate surface area is 178 Å². The fourth-order valence-electron chi connectivity index (χ4n) is 3.04. The van der Waals surface area contributed by atoms with Crippen molar-refractivity contribution in [3.63, 3.8) is 0 Å². The Morgan fingerprint density at radius 3 is 2.70 bits per heavy atom. The lowest BCUT2D eigenvalue weighted by atomic mass is 10.1. The minimum Gasteiger partial charge on any atom is -0.370 e. The van der Waals surface area contributed by atoms with Crippen LogP contribution in [-0.2, 0) is 0 Å². The molecule has 0 aliphatic carbocycles. The third-order valence-corrected chi connectivity index (χ3v) is 4.87. The van der Waals surface area contributed by atoms with Gasteiger partial charge in [-0.05, 0) is 42.5 Å². The van der Waals surface area contributed by atoms with Crippen LogP contribution in [0.3, 0.4) is 0 Å². The smallest absolute Gasteiger partial charge is 0.162 e. The number of hydrogen-bond acceptors (Lipinski definition) is 6. The van der Waals surface area contributed by atoms with Crippen molar-refractivity contribution in [2.45, 2.75) is 0 Å². The molecule has 3 N–H and O–H groups in total. The van der Waals surface area contributed by atoms with Gasteiger partial charge in [-0.25, -0.2) is 14.4 Å². The van der Waals surface area contributed by atoms with Gasteiger partial charge in [-0.3, -0.25) is 0 Å². The third-order valence-electron chi connectivity index (χ3n) is 4.58. The highest BCUT2D eigenvalue weighted by molar-refractivity contribution is 6.31. The van der Waals surface area contributed by atoms with Crippen molar-refractivity contribution < 1.29 is 4.39 Å². The maximum absolute atomic E-state index is 13.5. The second kappa shape index (κ2) is 8.80. The number of hydrogen-bond donors (Lipinski definition) is 3. The predicted molar refractivity (Wildman–Crippen MR) is 116 cm³/mol. The van der Waals surface area contributed by atoms with E-state index in [0.29, 0.717) is 42.4 Å². The van der Waals surface area contributed by atoms with E-state index in [9.17, 15) is 4.39 Å². The lowest BCUT2D eigenvalue weighted by Gasteiger charge is -2.16. The molecule has 2 aromatic carbocycles. The zero-order valence-electron chi connectivity index (χ0n) is 15.9. The van der Waals surface area contributed by atoms with Crippen molar-refractivity contribution in [2.24, 2.45) is 0 Å². The van der Waals surface area contributed by atoms with Gasteiger partial charge in [-0.1, -0.05) is 23.7 Å². The first-order valence-electron chi connectivity index (χ1n) is 9.39. The summed E-state index contributed by atoms with van der Waals surface area (Å²) < 4.78 is 13.5. The topological polar surface area (TPSA) is 85.7 Å². The molecule has 4 rings (SSSR count). The standard InChI is InChI=1S/C22H18ClFN6/c23-17-11-15(6-7-18(17)24)21-29-19-4-2-1-3-16(19)22(30-21)27-10-9-26-20-8-5-14(12-25)13-28-20/h1-8,11,26,28H,9-10,13H2,(H,27,29,30). The van der Waals surface area contributed by atoms with Crippen molar-refractivity contribution in [3.8, 4) is 17.5 Å². The molecule has 30 heavy (non-hydrogen) atoms. The van der Waals surface area contributed by atoms with E-state index in [4.69, 9.17) is 16.9 Å². The largest absolute Gasteiger partial charge is 0.370 e. The highest BCUT2D eigenvalue weighted by Gasteiger charge is 2.11. The van der Waals surface area contributed by atoms with Crippen LogP contribution in [0.2, 0.25) is 5.02 Å². The molecule has 1 aliphatic heterocycles. The van der Waals surface area contributed by atoms with Crippen LogP contribution >= 0.6 is 11.6 Å². The first-order chi connectivity index (χ1) is 14.6. The van der Waals surface area contributed by atoms with Crippen LogP contribution in [0.1, 0.15) is 0 Å². The fourth-order valence-corrected chi connectivity index (χ4v) is 3.22. The van der Waals surface area contributed by atoms with Gasteiger partial charge < -0.3 is 16.0 Å². The van der Waals surface area contributed by atoms with Gasteiger partial charge in [0.05, 0.1) is 29.0 Å². The number of para-hydroxylation sites is 1. The number of nitriles is 1. The summed E-state index contributed by atoms with van der Waals surface area (Å²) in [5.41, 5.74) is 2.12. The number of aromatic nitrogens is 2. The Balaban J connectivity index is 1.51. The number of halogens is 2. The summed E-state index contributed by atoms with van der Waals surface area (Å²) in [5, 5.41) is 19.6. The molecular formula is C22H18ClFN6. The van der Waals surface area contributed by atoms with Crippen molar-refractivity contribution in [2.75, 3.05) is 25.0 Å². The highest BCUT2D eigenvalue weighted by atomic mass is 35.5. The number of dihydropyridines is 1. The Bertz CT molecular complexity index is 1200. The number of benzene rings is 2. The number of anilines is 1. The summed E-state index contributed by atoms with van der Waals surface area (Å²) in [6, 6.07) is 14.3. The monoisotopic (exact) mass is 420 g/mol. The molecule has 0 atom stereocenters. The summed E-state index contributed by atoms with van der Waals surface area (Å²) >= 11 is 5.93. The molecule has 0 bridgehead atoms. The molecule has 3 aromatic rings. The number of allylic oxidation sites excluding steroid dienone is 2. The van der Waals surface area contributed by atoms with Crippen LogP contribution in [0.5, 0.6) is 0 Å². The van der Waals surface area contributed by atoms with Crippen LogP contribution < -0.4 is 16.0 Å². The van der Waals surface area contributed by atoms with E-state index in [1.54, 1.807) is 12.1 Å². The van der Waals surface area contributed by atoms with Crippen molar-refractivity contribution >= 4 is 28.3 Å². The molecule has 0 spiro atoms. The Morgan fingerprint density at radius 2 is 1.93 bits per heavy atom. The third kappa shape index (κ3) is 4.34. The fraction of sp³-hybridized carbons (Fsp3) is 0.136. The number of rotatable bonds is 6. The molecule has 0 saturated heterocycles. The number of nitrogens with one attached hydrogen (secondary N) is 3. The molecule has 0 unspecified atom stereocenters. The maximum atomic E-state index is 13.5. The van der Waals surface area contributed by atoms with Gasteiger partial charge >= 0.3 is 0 Å². The summed E-state index contributed by atoms with van der Waals surface area (Å²) in [4.78, 5) is 9.23. The molecule has 1 aliphatic rings. The summed E-state index contributed by atoms with van der Waals surface area (Å²) in [6.45, 7) is 1.77. The van der Waals surface area contributed by atoms with Crippen molar-refractivity contribution in [1.82, 2.24) is 20.6 Å². The molecule has 1 aromatic heterocycles. The highest BCUT2D eigenvalue weighted by Crippen LogP contribution is 2.27. The molecule has 8 heteroatoms. The maximum Gasteiger partial charge on any atom is 0.162 e.